The van der Waals surface area contributed by atoms with Crippen LogP contribution in [0.1, 0.15) is 66.2 Å². The van der Waals surface area contributed by atoms with E-state index in [0.29, 0.717) is 17.3 Å². The van der Waals surface area contributed by atoms with Crippen molar-refractivity contribution in [3.8, 4) is 0 Å². The smallest absolute Gasteiger partial charge is 0.000282 e. The zero-order valence-electron chi connectivity index (χ0n) is 15.3. The minimum atomic E-state index is 0.165. The first kappa shape index (κ1) is 16.3. The third-order valence-electron chi connectivity index (χ3n) is 7.59. The maximum absolute atomic E-state index is 4.93. The zero-order chi connectivity index (χ0) is 16.1. The fourth-order valence-corrected chi connectivity index (χ4v) is 6.51. The standard InChI is InChI=1S/C21H34N/c1-14(2)17-9-8-16(4)18-11-12-20(5,22-6)19-10-7-15(3)13-21(17,18)19/h13,16-19H,1,7-12H2,2-6H3/q-1. The summed E-state index contributed by atoms with van der Waals surface area (Å²) in [5.41, 5.74) is 3.52. The lowest BCUT2D eigenvalue weighted by atomic mass is 9.41. The zero-order valence-corrected chi connectivity index (χ0v) is 15.3. The van der Waals surface area contributed by atoms with Crippen molar-refractivity contribution in [2.45, 2.75) is 71.8 Å². The summed E-state index contributed by atoms with van der Waals surface area (Å²) in [6, 6.07) is 0. The maximum Gasteiger partial charge on any atom is -0.000282 e. The summed E-state index contributed by atoms with van der Waals surface area (Å²) in [7, 11) is 2.06. The molecule has 0 aromatic heterocycles. The van der Waals surface area contributed by atoms with E-state index in [9.17, 15) is 0 Å². The van der Waals surface area contributed by atoms with E-state index in [1.807, 2.05) is 0 Å². The van der Waals surface area contributed by atoms with Crippen molar-refractivity contribution >= 4 is 0 Å². The van der Waals surface area contributed by atoms with Gasteiger partial charge in [-0.2, -0.15) is 7.05 Å². The van der Waals surface area contributed by atoms with Crippen molar-refractivity contribution in [1.29, 1.82) is 0 Å². The average Bonchev–Trinajstić information content (AvgIpc) is 2.46. The SMILES string of the molecule is C=C(C)C1CCC(C)C2CCC(C)([N-]C)C3CCC(C)=CC123. The first-order valence-corrected chi connectivity index (χ1v) is 9.30. The Morgan fingerprint density at radius 2 is 2.00 bits per heavy atom. The van der Waals surface area contributed by atoms with Crippen LogP contribution in [0.5, 0.6) is 0 Å². The second-order valence-corrected chi connectivity index (χ2v) is 8.76. The predicted molar refractivity (Wildman–Crippen MR) is 96.0 cm³/mol. The van der Waals surface area contributed by atoms with Crippen molar-refractivity contribution in [1.82, 2.24) is 0 Å². The molecule has 0 saturated heterocycles. The molecule has 6 atom stereocenters. The maximum atomic E-state index is 4.93. The van der Waals surface area contributed by atoms with Gasteiger partial charge in [0, 0.05) is 0 Å². The molecule has 3 aliphatic rings. The molecule has 22 heavy (non-hydrogen) atoms. The van der Waals surface area contributed by atoms with Gasteiger partial charge in [0.1, 0.15) is 0 Å². The summed E-state index contributed by atoms with van der Waals surface area (Å²) in [6.07, 6.45) is 10.6. The van der Waals surface area contributed by atoms with Crippen molar-refractivity contribution in [3.63, 3.8) is 0 Å². The van der Waals surface area contributed by atoms with E-state index in [1.54, 1.807) is 5.57 Å². The van der Waals surface area contributed by atoms with Gasteiger partial charge < -0.3 is 5.32 Å². The van der Waals surface area contributed by atoms with Crippen molar-refractivity contribution in [3.05, 3.63) is 29.1 Å². The van der Waals surface area contributed by atoms with Gasteiger partial charge in [0.05, 0.1) is 0 Å². The summed E-state index contributed by atoms with van der Waals surface area (Å²) >= 11 is 0. The van der Waals surface area contributed by atoms with Crippen LogP contribution in [0.15, 0.2) is 23.8 Å². The fourth-order valence-electron chi connectivity index (χ4n) is 6.51. The third kappa shape index (κ3) is 2.15. The Hall–Kier alpha value is -0.560. The Balaban J connectivity index is 2.17. The second-order valence-electron chi connectivity index (χ2n) is 8.76. The molecule has 1 spiro atoms. The molecule has 0 amide bonds. The lowest BCUT2D eigenvalue weighted by Crippen LogP contribution is -2.60. The van der Waals surface area contributed by atoms with Gasteiger partial charge in [-0.3, -0.25) is 0 Å². The van der Waals surface area contributed by atoms with Crippen molar-refractivity contribution in [2.75, 3.05) is 7.05 Å². The van der Waals surface area contributed by atoms with Crippen LogP contribution in [-0.2, 0) is 0 Å². The van der Waals surface area contributed by atoms with Crippen LogP contribution in [-0.4, -0.2) is 12.6 Å². The lowest BCUT2D eigenvalue weighted by molar-refractivity contribution is -0.0750. The molecule has 0 N–H and O–H groups in total. The second kappa shape index (κ2) is 5.51. The Morgan fingerprint density at radius 3 is 2.64 bits per heavy atom. The van der Waals surface area contributed by atoms with Gasteiger partial charge in [0.15, 0.2) is 0 Å². The number of hydrogen-bond donors (Lipinski definition) is 0. The van der Waals surface area contributed by atoms with E-state index in [0.717, 1.165) is 11.8 Å². The van der Waals surface area contributed by atoms with Crippen LogP contribution >= 0.6 is 0 Å². The van der Waals surface area contributed by atoms with E-state index >= 15 is 0 Å². The molecular weight excluding hydrogens is 266 g/mol. The Bertz CT molecular complexity index is 490. The van der Waals surface area contributed by atoms with Crippen LogP contribution in [0.2, 0.25) is 0 Å². The first-order chi connectivity index (χ1) is 10.3. The molecule has 3 rings (SSSR count). The highest BCUT2D eigenvalue weighted by Crippen LogP contribution is 2.66. The molecule has 0 aromatic rings. The molecule has 2 saturated carbocycles. The monoisotopic (exact) mass is 300 g/mol. The Morgan fingerprint density at radius 1 is 1.27 bits per heavy atom. The molecule has 0 bridgehead atoms. The summed E-state index contributed by atoms with van der Waals surface area (Å²) < 4.78 is 0. The Labute approximate surface area is 137 Å². The molecule has 1 nitrogen and oxygen atoms in total. The van der Waals surface area contributed by atoms with Crippen LogP contribution in [0.4, 0.5) is 0 Å². The lowest BCUT2D eigenvalue weighted by Gasteiger charge is -2.68. The van der Waals surface area contributed by atoms with Crippen molar-refractivity contribution < 1.29 is 0 Å². The first-order valence-electron chi connectivity index (χ1n) is 9.30. The topological polar surface area (TPSA) is 14.1 Å². The number of rotatable bonds is 2. The fraction of sp³-hybridized carbons (Fsp3) is 0.810. The van der Waals surface area contributed by atoms with Gasteiger partial charge in [0.2, 0.25) is 0 Å². The summed E-state index contributed by atoms with van der Waals surface area (Å²) in [5.74, 6) is 3.05. The average molecular weight is 301 g/mol. The molecule has 3 aliphatic carbocycles. The Kier molecular flexibility index (Phi) is 4.08. The number of nitrogens with zero attached hydrogens (tertiary/aromatic N) is 1. The molecule has 6 unspecified atom stereocenters. The minimum absolute atomic E-state index is 0.165. The number of allylic oxidation sites excluding steroid dienone is 3. The molecular formula is C21H34N-. The van der Waals surface area contributed by atoms with E-state index in [-0.39, 0.29) is 5.54 Å². The molecule has 0 radical (unpaired) electrons. The molecule has 0 aliphatic heterocycles. The minimum Gasteiger partial charge on any atom is -0.659 e. The highest BCUT2D eigenvalue weighted by atomic mass is 15.0. The van der Waals surface area contributed by atoms with Gasteiger partial charge in [-0.05, 0) is 68.6 Å². The van der Waals surface area contributed by atoms with E-state index in [2.05, 4.69) is 47.4 Å². The molecule has 124 valence electrons. The number of hydrogen-bond acceptors (Lipinski definition) is 0. The third-order valence-corrected chi connectivity index (χ3v) is 7.59. The highest BCUT2D eigenvalue weighted by Gasteiger charge is 2.58. The quantitative estimate of drug-likeness (QED) is 0.545. The van der Waals surface area contributed by atoms with E-state index in [4.69, 9.17) is 5.32 Å². The van der Waals surface area contributed by atoms with Gasteiger partial charge in [0.25, 0.3) is 0 Å². The molecule has 0 aromatic carbocycles. The van der Waals surface area contributed by atoms with Crippen molar-refractivity contribution in [2.24, 2.45) is 29.1 Å². The normalized spacial score (nSPS) is 48.1. The molecule has 2 fully saturated rings. The van der Waals surface area contributed by atoms with E-state index < -0.39 is 0 Å². The van der Waals surface area contributed by atoms with Gasteiger partial charge in [-0.15, -0.1) is 5.54 Å². The van der Waals surface area contributed by atoms with Gasteiger partial charge >= 0.3 is 0 Å². The largest absolute Gasteiger partial charge is 0.659 e. The summed E-state index contributed by atoms with van der Waals surface area (Å²) in [6.45, 7) is 14.0. The van der Waals surface area contributed by atoms with Crippen LogP contribution in [0.3, 0.4) is 0 Å². The van der Waals surface area contributed by atoms with E-state index in [1.165, 1.54) is 44.1 Å². The predicted octanol–water partition coefficient (Wildman–Crippen LogP) is 6.12. The van der Waals surface area contributed by atoms with Gasteiger partial charge in [-0.25, -0.2) is 0 Å². The molecule has 0 heterocycles. The highest BCUT2D eigenvalue weighted by molar-refractivity contribution is 5.30. The van der Waals surface area contributed by atoms with Crippen LogP contribution in [0, 0.1) is 29.1 Å². The summed E-state index contributed by atoms with van der Waals surface area (Å²) in [5, 5.41) is 4.93. The van der Waals surface area contributed by atoms with Crippen LogP contribution in [0.25, 0.3) is 5.32 Å². The van der Waals surface area contributed by atoms with Crippen LogP contribution < -0.4 is 0 Å². The summed E-state index contributed by atoms with van der Waals surface area (Å²) in [4.78, 5) is 0. The molecule has 1 heteroatoms. The van der Waals surface area contributed by atoms with Gasteiger partial charge in [-0.1, -0.05) is 50.5 Å².